The van der Waals surface area contributed by atoms with Crippen LogP contribution in [0.3, 0.4) is 0 Å². The van der Waals surface area contributed by atoms with Crippen molar-refractivity contribution in [3.8, 4) is 5.75 Å². The number of methoxy groups -OCH3 is 1. The summed E-state index contributed by atoms with van der Waals surface area (Å²) in [6.45, 7) is 0.396. The molecule has 0 aromatic heterocycles. The number of amides is 3. The molecule has 0 spiro atoms. The minimum atomic E-state index is -0.427. The number of halogens is 2. The Kier molecular flexibility index (Phi) is 5.54. The van der Waals surface area contributed by atoms with Gasteiger partial charge < -0.3 is 20.3 Å². The van der Waals surface area contributed by atoms with Crippen molar-refractivity contribution >= 4 is 46.5 Å². The van der Waals surface area contributed by atoms with Crippen LogP contribution in [0.2, 0.25) is 10.0 Å². The van der Waals surface area contributed by atoms with Crippen LogP contribution in [0.4, 0.5) is 16.2 Å². The van der Waals surface area contributed by atoms with Crippen LogP contribution in [0.25, 0.3) is 0 Å². The maximum atomic E-state index is 12.3. The largest absolute Gasteiger partial charge is 0.497 e. The van der Waals surface area contributed by atoms with Gasteiger partial charge in [-0.2, -0.15) is 0 Å². The van der Waals surface area contributed by atoms with E-state index in [2.05, 4.69) is 10.6 Å². The Morgan fingerprint density at radius 2 is 1.92 bits per heavy atom. The molecule has 1 heterocycles. The molecule has 0 unspecified atom stereocenters. The van der Waals surface area contributed by atoms with E-state index in [4.69, 9.17) is 27.9 Å². The predicted molar refractivity (Wildman–Crippen MR) is 102 cm³/mol. The summed E-state index contributed by atoms with van der Waals surface area (Å²) in [4.78, 5) is 26.1. The first-order valence-electron chi connectivity index (χ1n) is 7.93. The molecule has 0 bridgehead atoms. The van der Waals surface area contributed by atoms with Gasteiger partial charge in [0.05, 0.1) is 23.9 Å². The van der Waals surface area contributed by atoms with Crippen molar-refractivity contribution in [2.75, 3.05) is 23.9 Å². The number of hydrogen-bond donors (Lipinski definition) is 2. The Morgan fingerprint density at radius 3 is 2.58 bits per heavy atom. The number of benzene rings is 2. The minimum absolute atomic E-state index is 0.0509. The lowest BCUT2D eigenvalue weighted by atomic mass is 10.2. The molecule has 1 fully saturated rings. The smallest absolute Gasteiger partial charge is 0.319 e. The Bertz CT molecular complexity index is 827. The average Bonchev–Trinajstić information content (AvgIpc) is 2.97. The van der Waals surface area contributed by atoms with Crippen LogP contribution in [0.15, 0.2) is 42.5 Å². The average molecular weight is 394 g/mol. The molecule has 0 saturated carbocycles. The first kappa shape index (κ1) is 18.4. The lowest BCUT2D eigenvalue weighted by Crippen LogP contribution is -2.39. The van der Waals surface area contributed by atoms with Gasteiger partial charge in [-0.25, -0.2) is 4.79 Å². The van der Waals surface area contributed by atoms with Gasteiger partial charge in [0.15, 0.2) is 0 Å². The van der Waals surface area contributed by atoms with Gasteiger partial charge in [-0.3, -0.25) is 4.79 Å². The van der Waals surface area contributed by atoms with E-state index < -0.39 is 6.03 Å². The summed E-state index contributed by atoms with van der Waals surface area (Å²) in [6.07, 6.45) is 0.230. The number of carbonyl (C=O) groups excluding carboxylic acids is 2. The summed E-state index contributed by atoms with van der Waals surface area (Å²) in [5.74, 6) is 0.666. The van der Waals surface area contributed by atoms with Gasteiger partial charge in [0.1, 0.15) is 5.75 Å². The van der Waals surface area contributed by atoms with Crippen LogP contribution in [-0.4, -0.2) is 31.6 Å². The van der Waals surface area contributed by atoms with Crippen molar-refractivity contribution < 1.29 is 14.3 Å². The maximum absolute atomic E-state index is 12.3. The highest BCUT2D eigenvalue weighted by atomic mass is 35.5. The number of nitrogens with zero attached hydrogens (tertiary/aromatic N) is 1. The van der Waals surface area contributed by atoms with Crippen LogP contribution < -0.4 is 20.3 Å². The van der Waals surface area contributed by atoms with E-state index in [-0.39, 0.29) is 18.4 Å². The number of hydrogen-bond acceptors (Lipinski definition) is 3. The first-order chi connectivity index (χ1) is 12.5. The molecule has 8 heteroatoms. The van der Waals surface area contributed by atoms with Crippen molar-refractivity contribution in [1.29, 1.82) is 0 Å². The molecule has 6 nitrogen and oxygen atoms in total. The minimum Gasteiger partial charge on any atom is -0.497 e. The molecular formula is C18H17Cl2N3O3. The topological polar surface area (TPSA) is 70.7 Å². The summed E-state index contributed by atoms with van der Waals surface area (Å²) in [6, 6.07) is 11.3. The fraction of sp³-hybridized carbons (Fsp3) is 0.222. The third-order valence-corrected chi connectivity index (χ3v) is 4.57. The van der Waals surface area contributed by atoms with Crippen LogP contribution in [0.1, 0.15) is 6.42 Å². The number of urea groups is 1. The zero-order valence-corrected chi connectivity index (χ0v) is 15.5. The second-order valence-corrected chi connectivity index (χ2v) is 6.67. The Hall–Kier alpha value is -2.44. The van der Waals surface area contributed by atoms with Crippen molar-refractivity contribution in [2.24, 2.45) is 0 Å². The van der Waals surface area contributed by atoms with Gasteiger partial charge in [0.2, 0.25) is 5.91 Å². The van der Waals surface area contributed by atoms with Crippen LogP contribution in [-0.2, 0) is 4.79 Å². The summed E-state index contributed by atoms with van der Waals surface area (Å²) in [5, 5.41) is 6.28. The predicted octanol–water partition coefficient (Wildman–Crippen LogP) is 3.93. The quantitative estimate of drug-likeness (QED) is 0.826. The second-order valence-electron chi connectivity index (χ2n) is 5.83. The monoisotopic (exact) mass is 393 g/mol. The Balaban J connectivity index is 1.60. The maximum Gasteiger partial charge on any atom is 0.319 e. The van der Waals surface area contributed by atoms with Gasteiger partial charge >= 0.3 is 6.03 Å². The van der Waals surface area contributed by atoms with Crippen LogP contribution in [0, 0.1) is 0 Å². The molecule has 0 radical (unpaired) electrons. The standard InChI is InChI=1S/C18H17Cl2N3O3/c1-26-14-5-3-13(4-6-14)23-10-12(9-17(23)24)21-18(25)22-16-7-2-11(19)8-15(16)20/h2-8,12H,9-10H2,1H3,(H2,21,22,25)/t12-/m0/s1. The molecule has 1 atom stereocenters. The highest BCUT2D eigenvalue weighted by Crippen LogP contribution is 2.26. The van der Waals surface area contributed by atoms with Crippen LogP contribution >= 0.6 is 23.2 Å². The van der Waals surface area contributed by atoms with Crippen molar-refractivity contribution in [3.63, 3.8) is 0 Å². The van der Waals surface area contributed by atoms with E-state index in [0.29, 0.717) is 28.0 Å². The molecule has 3 rings (SSSR count). The number of ether oxygens (including phenoxy) is 1. The van der Waals surface area contributed by atoms with Gasteiger partial charge in [-0.1, -0.05) is 23.2 Å². The molecule has 26 heavy (non-hydrogen) atoms. The van der Waals surface area contributed by atoms with E-state index in [1.165, 1.54) is 0 Å². The molecular weight excluding hydrogens is 377 g/mol. The number of nitrogens with one attached hydrogen (secondary N) is 2. The number of anilines is 2. The SMILES string of the molecule is COc1ccc(N2C[C@@H](NC(=O)Nc3ccc(Cl)cc3Cl)CC2=O)cc1. The molecule has 1 saturated heterocycles. The zero-order valence-electron chi connectivity index (χ0n) is 14.0. The van der Waals surface area contributed by atoms with Gasteiger partial charge in [0.25, 0.3) is 0 Å². The number of carbonyl (C=O) groups is 2. The number of rotatable bonds is 4. The molecule has 1 aliphatic rings. The van der Waals surface area contributed by atoms with Crippen LogP contribution in [0.5, 0.6) is 5.75 Å². The molecule has 136 valence electrons. The third kappa shape index (κ3) is 4.20. The van der Waals surface area contributed by atoms with Gasteiger partial charge in [-0.05, 0) is 42.5 Å². The second kappa shape index (κ2) is 7.85. The van der Waals surface area contributed by atoms with Crippen molar-refractivity contribution in [2.45, 2.75) is 12.5 Å². The summed E-state index contributed by atoms with van der Waals surface area (Å²) in [5.41, 5.74) is 1.21. The summed E-state index contributed by atoms with van der Waals surface area (Å²) >= 11 is 11.9. The van der Waals surface area contributed by atoms with E-state index in [0.717, 1.165) is 5.69 Å². The summed E-state index contributed by atoms with van der Waals surface area (Å²) in [7, 11) is 1.58. The highest BCUT2D eigenvalue weighted by molar-refractivity contribution is 6.36. The van der Waals surface area contributed by atoms with E-state index in [9.17, 15) is 9.59 Å². The lowest BCUT2D eigenvalue weighted by Gasteiger charge is -2.18. The fourth-order valence-corrected chi connectivity index (χ4v) is 3.21. The first-order valence-corrected chi connectivity index (χ1v) is 8.69. The third-order valence-electron chi connectivity index (χ3n) is 4.02. The fourth-order valence-electron chi connectivity index (χ4n) is 2.75. The highest BCUT2D eigenvalue weighted by Gasteiger charge is 2.31. The van der Waals surface area contributed by atoms with Gasteiger partial charge in [0, 0.05) is 23.7 Å². The Labute approximate surface area is 161 Å². The van der Waals surface area contributed by atoms with Gasteiger partial charge in [-0.15, -0.1) is 0 Å². The lowest BCUT2D eigenvalue weighted by molar-refractivity contribution is -0.117. The van der Waals surface area contributed by atoms with Crippen molar-refractivity contribution in [3.05, 3.63) is 52.5 Å². The van der Waals surface area contributed by atoms with E-state index in [1.807, 2.05) is 12.1 Å². The van der Waals surface area contributed by atoms with E-state index >= 15 is 0 Å². The van der Waals surface area contributed by atoms with E-state index in [1.54, 1.807) is 42.3 Å². The molecule has 2 aromatic carbocycles. The zero-order chi connectivity index (χ0) is 18.7. The summed E-state index contributed by atoms with van der Waals surface area (Å²) < 4.78 is 5.12. The molecule has 3 amide bonds. The molecule has 0 aliphatic carbocycles. The molecule has 2 N–H and O–H groups in total. The molecule has 2 aromatic rings. The molecule has 1 aliphatic heterocycles. The van der Waals surface area contributed by atoms with Crippen molar-refractivity contribution in [1.82, 2.24) is 5.32 Å². The Morgan fingerprint density at radius 1 is 1.19 bits per heavy atom. The normalized spacial score (nSPS) is 16.5.